The highest BCUT2D eigenvalue weighted by atomic mass is 16.5. The van der Waals surface area contributed by atoms with E-state index in [1.807, 2.05) is 11.0 Å². The molecule has 1 atom stereocenters. The number of hydrogen-bond donors (Lipinski definition) is 1. The van der Waals surface area contributed by atoms with Crippen LogP contribution in [0.15, 0.2) is 12.1 Å². The van der Waals surface area contributed by atoms with Crippen LogP contribution >= 0.6 is 0 Å². The average molecular weight is 309 g/mol. The van der Waals surface area contributed by atoms with Crippen LogP contribution in [0, 0.1) is 0 Å². The number of rotatable bonds is 6. The maximum absolute atomic E-state index is 11.4. The lowest BCUT2D eigenvalue weighted by atomic mass is 10.0. The van der Waals surface area contributed by atoms with Gasteiger partial charge in [-0.05, 0) is 25.5 Å². The molecule has 0 saturated carbocycles. The summed E-state index contributed by atoms with van der Waals surface area (Å²) in [6.45, 7) is 1.29. The molecule has 1 aliphatic heterocycles. The van der Waals surface area contributed by atoms with Crippen LogP contribution in [0.5, 0.6) is 17.2 Å². The lowest BCUT2D eigenvalue weighted by Gasteiger charge is -2.33. The van der Waals surface area contributed by atoms with Gasteiger partial charge in [-0.1, -0.05) is 6.42 Å². The molecule has 1 aliphatic rings. The predicted octanol–water partition coefficient (Wildman–Crippen LogP) is 2.15. The second-order valence-electron chi connectivity index (χ2n) is 5.34. The maximum Gasteiger partial charge on any atom is 0.320 e. The molecule has 0 amide bonds. The van der Waals surface area contributed by atoms with E-state index in [0.717, 1.165) is 24.9 Å². The van der Waals surface area contributed by atoms with Gasteiger partial charge in [0.15, 0.2) is 11.5 Å². The van der Waals surface area contributed by atoms with E-state index in [0.29, 0.717) is 30.2 Å². The number of piperidine rings is 1. The van der Waals surface area contributed by atoms with Gasteiger partial charge in [0.2, 0.25) is 0 Å². The van der Waals surface area contributed by atoms with Gasteiger partial charge in [0.25, 0.3) is 0 Å². The molecule has 1 N–H and O–H groups in total. The van der Waals surface area contributed by atoms with Crippen molar-refractivity contribution >= 4 is 5.97 Å². The first-order chi connectivity index (χ1) is 10.6. The molecule has 6 nitrogen and oxygen atoms in total. The van der Waals surface area contributed by atoms with E-state index in [1.54, 1.807) is 27.4 Å². The van der Waals surface area contributed by atoms with E-state index in [9.17, 15) is 9.90 Å². The minimum absolute atomic E-state index is 0.438. The molecule has 0 aliphatic carbocycles. The number of carboxylic acid groups (broad SMARTS) is 1. The highest BCUT2D eigenvalue weighted by molar-refractivity contribution is 5.73. The van der Waals surface area contributed by atoms with E-state index >= 15 is 0 Å². The first-order valence-electron chi connectivity index (χ1n) is 7.36. The van der Waals surface area contributed by atoms with Crippen molar-refractivity contribution in [3.63, 3.8) is 0 Å². The number of nitrogens with zero attached hydrogens (tertiary/aromatic N) is 1. The number of aliphatic carboxylic acids is 1. The molecule has 0 aromatic heterocycles. The van der Waals surface area contributed by atoms with Crippen molar-refractivity contribution in [2.75, 3.05) is 27.9 Å². The number of likely N-dealkylation sites (tertiary alicyclic amines) is 1. The molecule has 122 valence electrons. The number of hydrogen-bond acceptors (Lipinski definition) is 5. The molecule has 6 heteroatoms. The van der Waals surface area contributed by atoms with Crippen LogP contribution in [0.1, 0.15) is 24.8 Å². The lowest BCUT2D eigenvalue weighted by molar-refractivity contribution is -0.144. The molecule has 0 radical (unpaired) electrons. The van der Waals surface area contributed by atoms with Gasteiger partial charge in [-0.3, -0.25) is 9.69 Å². The molecule has 1 saturated heterocycles. The first-order valence-corrected chi connectivity index (χ1v) is 7.36. The Labute approximate surface area is 130 Å². The average Bonchev–Trinajstić information content (AvgIpc) is 2.54. The molecule has 1 aromatic rings. The Hall–Kier alpha value is -1.95. The van der Waals surface area contributed by atoms with E-state index in [-0.39, 0.29) is 0 Å². The van der Waals surface area contributed by atoms with Crippen LogP contribution in [0.3, 0.4) is 0 Å². The topological polar surface area (TPSA) is 68.2 Å². The van der Waals surface area contributed by atoms with Gasteiger partial charge in [0.05, 0.1) is 21.3 Å². The third-order valence-electron chi connectivity index (χ3n) is 4.06. The lowest BCUT2D eigenvalue weighted by Crippen LogP contribution is -2.44. The number of benzene rings is 1. The molecular weight excluding hydrogens is 286 g/mol. The van der Waals surface area contributed by atoms with Gasteiger partial charge in [0, 0.05) is 18.2 Å². The van der Waals surface area contributed by atoms with Crippen LogP contribution in [0.4, 0.5) is 0 Å². The summed E-state index contributed by atoms with van der Waals surface area (Å²) in [6.07, 6.45) is 2.65. The second kappa shape index (κ2) is 7.35. The Bertz CT molecular complexity index is 532. The number of methoxy groups -OCH3 is 3. The highest BCUT2D eigenvalue weighted by Crippen LogP contribution is 2.36. The van der Waals surface area contributed by atoms with E-state index < -0.39 is 12.0 Å². The van der Waals surface area contributed by atoms with Crippen molar-refractivity contribution in [3.05, 3.63) is 17.7 Å². The minimum atomic E-state index is -0.765. The number of ether oxygens (including phenoxy) is 3. The summed E-state index contributed by atoms with van der Waals surface area (Å²) in [5.74, 6) is 1.12. The Morgan fingerprint density at radius 2 is 1.77 bits per heavy atom. The molecule has 2 rings (SSSR count). The SMILES string of the molecule is COc1cc(OC)c(OC)cc1CN1CCCCC1C(=O)O. The molecule has 1 fully saturated rings. The van der Waals surface area contributed by atoms with Crippen molar-refractivity contribution in [2.45, 2.75) is 31.8 Å². The van der Waals surface area contributed by atoms with Gasteiger partial charge in [-0.15, -0.1) is 0 Å². The maximum atomic E-state index is 11.4. The highest BCUT2D eigenvalue weighted by Gasteiger charge is 2.29. The summed E-state index contributed by atoms with van der Waals surface area (Å²) >= 11 is 0. The molecular formula is C16H23NO5. The predicted molar refractivity (Wildman–Crippen MR) is 81.8 cm³/mol. The summed E-state index contributed by atoms with van der Waals surface area (Å²) in [7, 11) is 4.74. The third-order valence-corrected chi connectivity index (χ3v) is 4.06. The second-order valence-corrected chi connectivity index (χ2v) is 5.34. The first kappa shape index (κ1) is 16.4. The molecule has 0 bridgehead atoms. The summed E-state index contributed by atoms with van der Waals surface area (Å²) < 4.78 is 16.0. The Morgan fingerprint density at radius 1 is 1.14 bits per heavy atom. The fourth-order valence-electron chi connectivity index (χ4n) is 2.89. The van der Waals surface area contributed by atoms with Gasteiger partial charge in [-0.25, -0.2) is 0 Å². The van der Waals surface area contributed by atoms with Crippen LogP contribution < -0.4 is 14.2 Å². The molecule has 1 aromatic carbocycles. The van der Waals surface area contributed by atoms with Crippen molar-refractivity contribution in [1.82, 2.24) is 4.90 Å². The fourth-order valence-corrected chi connectivity index (χ4v) is 2.89. The monoisotopic (exact) mass is 309 g/mol. The zero-order valence-electron chi connectivity index (χ0n) is 13.3. The molecule has 0 spiro atoms. The number of carboxylic acids is 1. The minimum Gasteiger partial charge on any atom is -0.496 e. The summed E-state index contributed by atoms with van der Waals surface area (Å²) in [5.41, 5.74) is 0.897. The van der Waals surface area contributed by atoms with Gasteiger partial charge in [-0.2, -0.15) is 0 Å². The van der Waals surface area contributed by atoms with E-state index in [2.05, 4.69) is 0 Å². The molecule has 1 heterocycles. The van der Waals surface area contributed by atoms with E-state index in [4.69, 9.17) is 14.2 Å². The largest absolute Gasteiger partial charge is 0.496 e. The Morgan fingerprint density at radius 3 is 2.36 bits per heavy atom. The van der Waals surface area contributed by atoms with Crippen molar-refractivity contribution < 1.29 is 24.1 Å². The van der Waals surface area contributed by atoms with Crippen molar-refractivity contribution in [1.29, 1.82) is 0 Å². The smallest absolute Gasteiger partial charge is 0.320 e. The van der Waals surface area contributed by atoms with Crippen LogP contribution in [0.25, 0.3) is 0 Å². The van der Waals surface area contributed by atoms with Crippen molar-refractivity contribution in [3.8, 4) is 17.2 Å². The normalized spacial score (nSPS) is 18.8. The molecule has 22 heavy (non-hydrogen) atoms. The van der Waals surface area contributed by atoms with Crippen LogP contribution in [0.2, 0.25) is 0 Å². The third kappa shape index (κ3) is 3.44. The zero-order chi connectivity index (χ0) is 16.1. The summed E-state index contributed by atoms with van der Waals surface area (Å²) in [5, 5.41) is 9.38. The fraction of sp³-hybridized carbons (Fsp3) is 0.562. The van der Waals surface area contributed by atoms with Crippen LogP contribution in [-0.2, 0) is 11.3 Å². The van der Waals surface area contributed by atoms with Gasteiger partial charge >= 0.3 is 5.97 Å². The van der Waals surface area contributed by atoms with Crippen LogP contribution in [-0.4, -0.2) is 49.9 Å². The van der Waals surface area contributed by atoms with Gasteiger partial charge < -0.3 is 19.3 Å². The van der Waals surface area contributed by atoms with Gasteiger partial charge in [0.1, 0.15) is 11.8 Å². The zero-order valence-corrected chi connectivity index (χ0v) is 13.3. The van der Waals surface area contributed by atoms with E-state index in [1.165, 1.54) is 0 Å². The molecule has 1 unspecified atom stereocenters. The number of carbonyl (C=O) groups is 1. The quantitative estimate of drug-likeness (QED) is 0.868. The standard InChI is InChI=1S/C16H23NO5/c1-20-13-9-15(22-3)14(21-2)8-11(13)10-17-7-5-4-6-12(17)16(18)19/h8-9,12H,4-7,10H2,1-3H3,(H,18,19). The van der Waals surface area contributed by atoms with Crippen molar-refractivity contribution in [2.24, 2.45) is 0 Å². The summed E-state index contributed by atoms with van der Waals surface area (Å²) in [6, 6.07) is 3.19. The Kier molecular flexibility index (Phi) is 5.49. The Balaban J connectivity index is 2.28. The summed E-state index contributed by atoms with van der Waals surface area (Å²) in [4.78, 5) is 13.4.